The predicted molar refractivity (Wildman–Crippen MR) is 66.1 cm³/mol. The number of nitriles is 1. The van der Waals surface area contributed by atoms with Crippen molar-refractivity contribution in [2.45, 2.75) is 13.0 Å². The monoisotopic (exact) mass is 240 g/mol. The van der Waals surface area contributed by atoms with Gasteiger partial charge >= 0.3 is 0 Å². The van der Waals surface area contributed by atoms with Crippen molar-refractivity contribution < 1.29 is 9.84 Å². The van der Waals surface area contributed by atoms with Gasteiger partial charge in [-0.3, -0.25) is 0 Å². The molecule has 18 heavy (non-hydrogen) atoms. The topological polar surface area (TPSA) is 66.1 Å². The molecule has 0 bridgehead atoms. The van der Waals surface area contributed by atoms with Crippen LogP contribution in [0.4, 0.5) is 0 Å². The number of benzene rings is 1. The Bertz CT molecular complexity index is 554. The standard InChI is InChI=1S/C14H12N2O2/c1-10(17)12-4-7-14(16-9-12)18-13-5-2-11(8-15)3-6-13/h2-7,9-10,17H,1H3/t10-/m0/s1. The van der Waals surface area contributed by atoms with Crippen molar-refractivity contribution in [3.63, 3.8) is 0 Å². The molecule has 0 radical (unpaired) electrons. The van der Waals surface area contributed by atoms with Crippen molar-refractivity contribution in [2.24, 2.45) is 0 Å². The molecule has 1 atom stereocenters. The summed E-state index contributed by atoms with van der Waals surface area (Å²) < 4.78 is 5.51. The van der Waals surface area contributed by atoms with Crippen molar-refractivity contribution in [1.82, 2.24) is 4.98 Å². The van der Waals surface area contributed by atoms with E-state index in [1.54, 1.807) is 49.5 Å². The maximum atomic E-state index is 9.35. The van der Waals surface area contributed by atoms with Crippen molar-refractivity contribution in [2.75, 3.05) is 0 Å². The summed E-state index contributed by atoms with van der Waals surface area (Å²) in [7, 11) is 0. The van der Waals surface area contributed by atoms with Crippen LogP contribution in [0, 0.1) is 11.3 Å². The van der Waals surface area contributed by atoms with E-state index < -0.39 is 6.10 Å². The quantitative estimate of drug-likeness (QED) is 0.895. The number of aliphatic hydroxyl groups is 1. The summed E-state index contributed by atoms with van der Waals surface area (Å²) in [5, 5.41) is 18.0. The van der Waals surface area contributed by atoms with Crippen LogP contribution in [0.5, 0.6) is 11.6 Å². The van der Waals surface area contributed by atoms with E-state index in [0.717, 1.165) is 5.56 Å². The Hall–Kier alpha value is -2.38. The molecular weight excluding hydrogens is 228 g/mol. The fourth-order valence-electron chi connectivity index (χ4n) is 1.42. The third-order valence-electron chi connectivity index (χ3n) is 2.45. The van der Waals surface area contributed by atoms with Crippen LogP contribution >= 0.6 is 0 Å². The van der Waals surface area contributed by atoms with Gasteiger partial charge in [0.1, 0.15) is 5.75 Å². The van der Waals surface area contributed by atoms with E-state index in [-0.39, 0.29) is 0 Å². The highest BCUT2D eigenvalue weighted by atomic mass is 16.5. The Kier molecular flexibility index (Phi) is 3.56. The Morgan fingerprint density at radius 2 is 1.94 bits per heavy atom. The number of aliphatic hydroxyl groups excluding tert-OH is 1. The fraction of sp³-hybridized carbons (Fsp3) is 0.143. The lowest BCUT2D eigenvalue weighted by Gasteiger charge is -2.07. The van der Waals surface area contributed by atoms with Crippen molar-refractivity contribution >= 4 is 0 Å². The molecule has 0 saturated carbocycles. The normalized spacial score (nSPS) is 11.6. The first kappa shape index (κ1) is 12.1. The maximum Gasteiger partial charge on any atom is 0.219 e. The highest BCUT2D eigenvalue weighted by molar-refractivity contribution is 5.36. The summed E-state index contributed by atoms with van der Waals surface area (Å²) in [6.45, 7) is 1.68. The van der Waals surface area contributed by atoms with Gasteiger partial charge < -0.3 is 9.84 Å². The van der Waals surface area contributed by atoms with Crippen molar-refractivity contribution in [3.05, 3.63) is 53.7 Å². The Morgan fingerprint density at radius 1 is 1.22 bits per heavy atom. The van der Waals surface area contributed by atoms with E-state index in [4.69, 9.17) is 10.00 Å². The third kappa shape index (κ3) is 2.84. The minimum Gasteiger partial charge on any atom is -0.439 e. The zero-order chi connectivity index (χ0) is 13.0. The Labute approximate surface area is 105 Å². The van der Waals surface area contributed by atoms with Crippen molar-refractivity contribution in [3.8, 4) is 17.7 Å². The van der Waals surface area contributed by atoms with Crippen LogP contribution in [0.1, 0.15) is 24.2 Å². The summed E-state index contributed by atoms with van der Waals surface area (Å²) in [6, 6.07) is 12.3. The molecular formula is C14H12N2O2. The fourth-order valence-corrected chi connectivity index (χ4v) is 1.42. The van der Waals surface area contributed by atoms with Gasteiger partial charge in [0.05, 0.1) is 17.7 Å². The van der Waals surface area contributed by atoms with Crippen LogP contribution in [0.2, 0.25) is 0 Å². The van der Waals surface area contributed by atoms with E-state index in [1.165, 1.54) is 0 Å². The molecule has 1 aromatic carbocycles. The predicted octanol–water partition coefficient (Wildman–Crippen LogP) is 2.80. The summed E-state index contributed by atoms with van der Waals surface area (Å²) in [5.41, 5.74) is 1.32. The van der Waals surface area contributed by atoms with Crippen LogP contribution in [0.15, 0.2) is 42.6 Å². The molecule has 1 aromatic heterocycles. The molecule has 0 aliphatic carbocycles. The van der Waals surface area contributed by atoms with Gasteiger partial charge in [-0.25, -0.2) is 4.98 Å². The Balaban J connectivity index is 2.11. The van der Waals surface area contributed by atoms with Gasteiger partial charge in [0.15, 0.2) is 0 Å². The second-order valence-corrected chi connectivity index (χ2v) is 3.84. The molecule has 2 aromatic rings. The SMILES string of the molecule is C[C@H](O)c1ccc(Oc2ccc(C#N)cc2)nc1. The largest absolute Gasteiger partial charge is 0.439 e. The van der Waals surface area contributed by atoms with Gasteiger partial charge in [-0.05, 0) is 42.8 Å². The van der Waals surface area contributed by atoms with Crippen LogP contribution in [0.3, 0.4) is 0 Å². The van der Waals surface area contributed by atoms with Gasteiger partial charge in [-0.1, -0.05) is 0 Å². The average molecular weight is 240 g/mol. The molecule has 0 spiro atoms. The molecule has 1 N–H and O–H groups in total. The second-order valence-electron chi connectivity index (χ2n) is 3.84. The zero-order valence-electron chi connectivity index (χ0n) is 9.87. The summed E-state index contributed by atoms with van der Waals surface area (Å²) in [5.74, 6) is 1.07. The highest BCUT2D eigenvalue weighted by Crippen LogP contribution is 2.21. The number of pyridine rings is 1. The number of nitrogens with zero attached hydrogens (tertiary/aromatic N) is 2. The highest BCUT2D eigenvalue weighted by Gasteiger charge is 2.03. The molecule has 0 aliphatic rings. The van der Waals surface area contributed by atoms with E-state index in [1.807, 2.05) is 6.07 Å². The molecule has 0 unspecified atom stereocenters. The Morgan fingerprint density at radius 3 is 2.44 bits per heavy atom. The smallest absolute Gasteiger partial charge is 0.219 e. The second kappa shape index (κ2) is 5.30. The molecule has 2 rings (SSSR count). The summed E-state index contributed by atoms with van der Waals surface area (Å²) in [4.78, 5) is 4.09. The number of rotatable bonds is 3. The zero-order valence-corrected chi connectivity index (χ0v) is 9.87. The lowest BCUT2D eigenvalue weighted by Crippen LogP contribution is -1.93. The van der Waals surface area contributed by atoms with Crippen LogP contribution in [-0.4, -0.2) is 10.1 Å². The number of ether oxygens (including phenoxy) is 1. The van der Waals surface area contributed by atoms with Gasteiger partial charge in [0.25, 0.3) is 0 Å². The molecule has 90 valence electrons. The molecule has 0 amide bonds. The number of hydrogen-bond acceptors (Lipinski definition) is 4. The van der Waals surface area contributed by atoms with Crippen LogP contribution < -0.4 is 4.74 Å². The van der Waals surface area contributed by atoms with Crippen LogP contribution in [-0.2, 0) is 0 Å². The number of hydrogen-bond donors (Lipinski definition) is 1. The van der Waals surface area contributed by atoms with E-state index >= 15 is 0 Å². The molecule has 4 nitrogen and oxygen atoms in total. The van der Waals surface area contributed by atoms with Gasteiger partial charge in [0.2, 0.25) is 5.88 Å². The van der Waals surface area contributed by atoms with E-state index in [0.29, 0.717) is 17.2 Å². The van der Waals surface area contributed by atoms with E-state index in [9.17, 15) is 5.11 Å². The summed E-state index contributed by atoms with van der Waals surface area (Å²) in [6.07, 6.45) is 1.03. The van der Waals surface area contributed by atoms with Gasteiger partial charge in [0, 0.05) is 12.3 Å². The molecule has 0 fully saturated rings. The first-order valence-corrected chi connectivity index (χ1v) is 5.51. The van der Waals surface area contributed by atoms with E-state index in [2.05, 4.69) is 4.98 Å². The average Bonchev–Trinajstić information content (AvgIpc) is 2.40. The summed E-state index contributed by atoms with van der Waals surface area (Å²) >= 11 is 0. The minimum atomic E-state index is -0.540. The first-order valence-electron chi connectivity index (χ1n) is 5.51. The third-order valence-corrected chi connectivity index (χ3v) is 2.45. The number of aromatic nitrogens is 1. The molecule has 4 heteroatoms. The first-order chi connectivity index (χ1) is 8.69. The lowest BCUT2D eigenvalue weighted by molar-refractivity contribution is 0.198. The van der Waals surface area contributed by atoms with Gasteiger partial charge in [-0.15, -0.1) is 0 Å². The van der Waals surface area contributed by atoms with Gasteiger partial charge in [-0.2, -0.15) is 5.26 Å². The minimum absolute atomic E-state index is 0.448. The van der Waals surface area contributed by atoms with Crippen LogP contribution in [0.25, 0.3) is 0 Å². The maximum absolute atomic E-state index is 9.35. The van der Waals surface area contributed by atoms with Crippen molar-refractivity contribution in [1.29, 1.82) is 5.26 Å². The molecule has 0 aliphatic heterocycles. The lowest BCUT2D eigenvalue weighted by atomic mass is 10.2. The molecule has 0 saturated heterocycles. The molecule has 1 heterocycles.